The van der Waals surface area contributed by atoms with Gasteiger partial charge in [-0.15, -0.1) is 0 Å². The van der Waals surface area contributed by atoms with E-state index in [-0.39, 0.29) is 6.61 Å². The van der Waals surface area contributed by atoms with E-state index in [1.54, 1.807) is 6.07 Å². The third-order valence-electron chi connectivity index (χ3n) is 2.24. The van der Waals surface area contributed by atoms with E-state index in [2.05, 4.69) is 16.8 Å². The van der Waals surface area contributed by atoms with E-state index in [9.17, 15) is 0 Å². The molecule has 1 rings (SSSR count). The van der Waals surface area contributed by atoms with Crippen LogP contribution < -0.4 is 0 Å². The molecule has 1 aromatic rings. The maximum Gasteiger partial charge on any atom is 0.135 e. The molecule has 5 heteroatoms. The Morgan fingerprint density at radius 2 is 2.06 bits per heavy atom. The minimum Gasteiger partial charge on any atom is -0.395 e. The van der Waals surface area contributed by atoms with Crippen molar-refractivity contribution in [3.8, 4) is 0 Å². The molecule has 1 N–H and O–H groups in total. The molecule has 0 aliphatic rings. The number of hydrogen-bond acceptors (Lipinski definition) is 3. The topological polar surface area (TPSA) is 36.4 Å². The maximum atomic E-state index is 8.94. The molecule has 1 heterocycles. The quantitative estimate of drug-likeness (QED) is 0.801. The molecule has 0 aliphatic carbocycles. The fourth-order valence-corrected chi connectivity index (χ4v) is 1.93. The van der Waals surface area contributed by atoms with Crippen LogP contribution in [0.4, 0.5) is 0 Å². The Hall–Kier alpha value is -0.350. The number of pyridine rings is 1. The van der Waals surface area contributed by atoms with Crippen LogP contribution >= 0.6 is 23.2 Å². The van der Waals surface area contributed by atoms with Crippen LogP contribution in [0.5, 0.6) is 0 Å². The molecule has 0 spiro atoms. The molecular weight excluding hydrogens is 247 g/mol. The smallest absolute Gasteiger partial charge is 0.135 e. The maximum absolute atomic E-state index is 8.94. The van der Waals surface area contributed by atoms with Gasteiger partial charge in [0.2, 0.25) is 0 Å². The summed E-state index contributed by atoms with van der Waals surface area (Å²) in [6.07, 6.45) is 1.04. The van der Waals surface area contributed by atoms with E-state index in [0.29, 0.717) is 23.4 Å². The molecule has 0 unspecified atom stereocenters. The summed E-state index contributed by atoms with van der Waals surface area (Å²) in [6.45, 7) is 4.52. The van der Waals surface area contributed by atoms with Gasteiger partial charge < -0.3 is 5.11 Å². The van der Waals surface area contributed by atoms with Gasteiger partial charge in [0.25, 0.3) is 0 Å². The lowest BCUT2D eigenvalue weighted by Crippen LogP contribution is -2.27. The zero-order chi connectivity index (χ0) is 12.0. The second kappa shape index (κ2) is 7.07. The first-order valence-electron chi connectivity index (χ1n) is 5.31. The number of aliphatic hydroxyl groups is 1. The first-order valence-corrected chi connectivity index (χ1v) is 6.07. The first-order chi connectivity index (χ1) is 7.67. The Morgan fingerprint density at radius 1 is 1.31 bits per heavy atom. The normalized spacial score (nSPS) is 11.1. The number of aromatic nitrogens is 1. The van der Waals surface area contributed by atoms with Crippen molar-refractivity contribution in [3.05, 3.63) is 28.0 Å². The molecule has 0 fully saturated rings. The van der Waals surface area contributed by atoms with E-state index in [4.69, 9.17) is 28.3 Å². The van der Waals surface area contributed by atoms with Gasteiger partial charge in [0.1, 0.15) is 10.3 Å². The predicted octanol–water partition coefficient (Wildman–Crippen LogP) is 2.59. The lowest BCUT2D eigenvalue weighted by molar-refractivity contribution is 0.190. The average Bonchev–Trinajstić information content (AvgIpc) is 2.23. The number of rotatable bonds is 6. The van der Waals surface area contributed by atoms with Gasteiger partial charge in [0.05, 0.1) is 6.61 Å². The molecule has 0 aromatic carbocycles. The van der Waals surface area contributed by atoms with E-state index in [1.165, 1.54) is 0 Å². The van der Waals surface area contributed by atoms with Gasteiger partial charge in [-0.05, 0) is 19.0 Å². The summed E-state index contributed by atoms with van der Waals surface area (Å²) in [5, 5.41) is 9.78. The molecule has 0 saturated carbocycles. The summed E-state index contributed by atoms with van der Waals surface area (Å²) < 4.78 is 0. The van der Waals surface area contributed by atoms with Crippen molar-refractivity contribution >= 4 is 23.2 Å². The molecule has 0 saturated heterocycles. The Labute approximate surface area is 106 Å². The first kappa shape index (κ1) is 13.7. The second-order valence-corrected chi connectivity index (χ2v) is 4.33. The summed E-state index contributed by atoms with van der Waals surface area (Å²) >= 11 is 11.7. The molecule has 16 heavy (non-hydrogen) atoms. The van der Waals surface area contributed by atoms with Gasteiger partial charge >= 0.3 is 0 Å². The molecular formula is C11H16Cl2N2O. The number of halogens is 2. The highest BCUT2D eigenvalue weighted by Crippen LogP contribution is 2.18. The van der Waals surface area contributed by atoms with Crippen LogP contribution in [0.25, 0.3) is 0 Å². The second-order valence-electron chi connectivity index (χ2n) is 3.58. The van der Waals surface area contributed by atoms with Crippen molar-refractivity contribution in [2.75, 3.05) is 19.7 Å². The van der Waals surface area contributed by atoms with Crippen molar-refractivity contribution in [1.82, 2.24) is 9.88 Å². The van der Waals surface area contributed by atoms with Gasteiger partial charge in [0.15, 0.2) is 0 Å². The van der Waals surface area contributed by atoms with Crippen molar-refractivity contribution in [3.63, 3.8) is 0 Å². The molecule has 0 atom stereocenters. The summed E-state index contributed by atoms with van der Waals surface area (Å²) in [4.78, 5) is 6.12. The van der Waals surface area contributed by atoms with E-state index in [1.807, 2.05) is 6.07 Å². The molecule has 1 aromatic heterocycles. The molecule has 0 aliphatic heterocycles. The van der Waals surface area contributed by atoms with Gasteiger partial charge in [-0.3, -0.25) is 4.90 Å². The highest BCUT2D eigenvalue weighted by atomic mass is 35.5. The highest BCUT2D eigenvalue weighted by molar-refractivity contribution is 6.32. The molecule has 0 amide bonds. The molecule has 90 valence electrons. The lowest BCUT2D eigenvalue weighted by Gasteiger charge is -2.20. The Balaban J connectivity index is 2.68. The predicted molar refractivity (Wildman–Crippen MR) is 66.9 cm³/mol. The number of hydrogen-bond donors (Lipinski definition) is 1. The largest absolute Gasteiger partial charge is 0.395 e. The van der Waals surface area contributed by atoms with Crippen LogP contribution in [0.3, 0.4) is 0 Å². The third kappa shape index (κ3) is 4.26. The van der Waals surface area contributed by atoms with Crippen molar-refractivity contribution in [2.24, 2.45) is 0 Å². The third-order valence-corrected chi connectivity index (χ3v) is 2.78. The van der Waals surface area contributed by atoms with E-state index < -0.39 is 0 Å². The van der Waals surface area contributed by atoms with Crippen LogP contribution in [0, 0.1) is 0 Å². The molecule has 0 radical (unpaired) electrons. The highest BCUT2D eigenvalue weighted by Gasteiger charge is 2.08. The Bertz CT molecular complexity index is 328. The lowest BCUT2D eigenvalue weighted by atomic mass is 10.2. The summed E-state index contributed by atoms with van der Waals surface area (Å²) in [6, 6.07) is 3.60. The van der Waals surface area contributed by atoms with Crippen LogP contribution in [0.1, 0.15) is 18.9 Å². The SMILES string of the molecule is CCCN(CCO)Cc1ccc(Cl)nc1Cl. The van der Waals surface area contributed by atoms with E-state index in [0.717, 1.165) is 18.5 Å². The van der Waals surface area contributed by atoms with Crippen molar-refractivity contribution in [1.29, 1.82) is 0 Å². The average molecular weight is 263 g/mol. The van der Waals surface area contributed by atoms with Crippen molar-refractivity contribution < 1.29 is 5.11 Å². The van der Waals surface area contributed by atoms with Crippen LogP contribution in [-0.4, -0.2) is 34.7 Å². The van der Waals surface area contributed by atoms with E-state index >= 15 is 0 Å². The summed E-state index contributed by atoms with van der Waals surface area (Å²) in [5.41, 5.74) is 0.938. The zero-order valence-electron chi connectivity index (χ0n) is 9.29. The Morgan fingerprint density at radius 3 is 2.62 bits per heavy atom. The van der Waals surface area contributed by atoms with Crippen LogP contribution in [0.2, 0.25) is 10.3 Å². The van der Waals surface area contributed by atoms with Gasteiger partial charge in [-0.1, -0.05) is 36.2 Å². The molecule has 3 nitrogen and oxygen atoms in total. The summed E-state index contributed by atoms with van der Waals surface area (Å²) in [5.74, 6) is 0. The monoisotopic (exact) mass is 262 g/mol. The van der Waals surface area contributed by atoms with Gasteiger partial charge in [-0.2, -0.15) is 0 Å². The van der Waals surface area contributed by atoms with Crippen molar-refractivity contribution in [2.45, 2.75) is 19.9 Å². The minimum atomic E-state index is 0.151. The standard InChI is InChI=1S/C11H16Cl2N2O/c1-2-5-15(6-7-16)8-9-3-4-10(12)14-11(9)13/h3-4,16H,2,5-8H2,1H3. The van der Waals surface area contributed by atoms with Gasteiger partial charge in [0, 0.05) is 18.7 Å². The van der Waals surface area contributed by atoms with Crippen LogP contribution in [-0.2, 0) is 6.54 Å². The number of aliphatic hydroxyl groups excluding tert-OH is 1. The minimum absolute atomic E-state index is 0.151. The fraction of sp³-hybridized carbons (Fsp3) is 0.545. The molecule has 0 bridgehead atoms. The number of nitrogens with zero attached hydrogens (tertiary/aromatic N) is 2. The van der Waals surface area contributed by atoms with Crippen LogP contribution in [0.15, 0.2) is 12.1 Å². The fourth-order valence-electron chi connectivity index (χ4n) is 1.53. The zero-order valence-corrected chi connectivity index (χ0v) is 10.8. The van der Waals surface area contributed by atoms with Gasteiger partial charge in [-0.25, -0.2) is 4.98 Å². The Kier molecular flexibility index (Phi) is 6.06. The summed E-state index contributed by atoms with van der Waals surface area (Å²) in [7, 11) is 0.